The number of nitrogens with zero attached hydrogens (tertiary/aromatic N) is 1. The van der Waals surface area contributed by atoms with Crippen molar-refractivity contribution in [2.45, 2.75) is 6.17 Å². The summed E-state index contributed by atoms with van der Waals surface area (Å²) in [4.78, 5) is 13.6. The van der Waals surface area contributed by atoms with Crippen LogP contribution in [0, 0.1) is 0 Å². The smallest absolute Gasteiger partial charge is 0.409 e. The Morgan fingerprint density at radius 3 is 2.65 bits per heavy atom. The van der Waals surface area contributed by atoms with Crippen molar-refractivity contribution in [3.63, 3.8) is 0 Å². The number of para-hydroxylation sites is 1. The van der Waals surface area contributed by atoms with Gasteiger partial charge in [-0.3, -0.25) is 10.7 Å². The van der Waals surface area contributed by atoms with Crippen LogP contribution in [0.2, 0.25) is 5.02 Å². The predicted molar refractivity (Wildman–Crippen MR) is 76.5 cm³/mol. The first-order chi connectivity index (χ1) is 9.70. The quantitative estimate of drug-likeness (QED) is 0.659. The van der Waals surface area contributed by atoms with Gasteiger partial charge in [0.05, 0.1) is 0 Å². The van der Waals surface area contributed by atoms with E-state index in [9.17, 15) is 4.79 Å². The molecule has 0 saturated carbocycles. The Balaban J connectivity index is 2.10. The number of carbonyl (C=O) groups is 1. The number of fused-ring (bicyclic) bond motifs is 1. The van der Waals surface area contributed by atoms with Gasteiger partial charge in [0, 0.05) is 16.3 Å². The Morgan fingerprint density at radius 1 is 1.20 bits per heavy atom. The third-order valence-corrected chi connectivity index (χ3v) is 3.35. The van der Waals surface area contributed by atoms with Gasteiger partial charge in [-0.25, -0.2) is 10.2 Å². The van der Waals surface area contributed by atoms with Crippen molar-refractivity contribution < 1.29 is 9.53 Å². The molecule has 1 unspecified atom stereocenters. The first-order valence-electron chi connectivity index (χ1n) is 6.02. The van der Waals surface area contributed by atoms with Crippen molar-refractivity contribution in [3.8, 4) is 5.75 Å². The molecule has 3 rings (SSSR count). The number of hydrazine groups is 1. The van der Waals surface area contributed by atoms with Gasteiger partial charge < -0.3 is 4.74 Å². The fourth-order valence-corrected chi connectivity index (χ4v) is 2.40. The summed E-state index contributed by atoms with van der Waals surface area (Å²) in [5, 5.41) is 0.551. The van der Waals surface area contributed by atoms with Crippen molar-refractivity contribution in [2.75, 3.05) is 4.90 Å². The highest BCUT2D eigenvalue weighted by molar-refractivity contribution is 6.30. The number of hydrogen-bond acceptors (Lipinski definition) is 4. The molecule has 0 fully saturated rings. The maximum absolute atomic E-state index is 12.2. The zero-order valence-electron chi connectivity index (χ0n) is 10.4. The summed E-state index contributed by atoms with van der Waals surface area (Å²) in [6.07, 6.45) is -1.03. The molecule has 1 aliphatic heterocycles. The summed E-state index contributed by atoms with van der Waals surface area (Å²) < 4.78 is 5.32. The van der Waals surface area contributed by atoms with E-state index >= 15 is 0 Å². The molecular weight excluding hydrogens is 278 g/mol. The van der Waals surface area contributed by atoms with Gasteiger partial charge in [0.1, 0.15) is 11.9 Å². The lowest BCUT2D eigenvalue weighted by Crippen LogP contribution is -2.49. The summed E-state index contributed by atoms with van der Waals surface area (Å²) in [6.45, 7) is 0. The van der Waals surface area contributed by atoms with Crippen molar-refractivity contribution >= 4 is 23.4 Å². The molecule has 3 N–H and O–H groups in total. The van der Waals surface area contributed by atoms with Crippen LogP contribution >= 0.6 is 11.6 Å². The SMILES string of the molecule is NNC1c2cc(Cl)ccc2OC(=O)N1c1ccccc1. The Kier molecular flexibility index (Phi) is 3.31. The summed E-state index contributed by atoms with van der Waals surface area (Å²) in [6, 6.07) is 14.2. The lowest BCUT2D eigenvalue weighted by atomic mass is 10.1. The average molecular weight is 290 g/mol. The second-order valence-corrected chi connectivity index (χ2v) is 4.76. The normalized spacial score (nSPS) is 17.6. The number of benzene rings is 2. The van der Waals surface area contributed by atoms with Gasteiger partial charge in [-0.05, 0) is 30.3 Å². The van der Waals surface area contributed by atoms with E-state index in [1.165, 1.54) is 4.90 Å². The molecule has 0 radical (unpaired) electrons. The zero-order chi connectivity index (χ0) is 14.1. The largest absolute Gasteiger partial charge is 0.421 e. The molecule has 2 aromatic rings. The topological polar surface area (TPSA) is 67.6 Å². The molecule has 0 aliphatic carbocycles. The van der Waals surface area contributed by atoms with E-state index < -0.39 is 12.3 Å². The molecule has 1 amide bonds. The molecule has 0 spiro atoms. The van der Waals surface area contributed by atoms with Crippen LogP contribution in [0.25, 0.3) is 0 Å². The van der Waals surface area contributed by atoms with Crippen LogP contribution in [0.1, 0.15) is 11.7 Å². The summed E-state index contributed by atoms with van der Waals surface area (Å²) >= 11 is 6.00. The van der Waals surface area contributed by atoms with Gasteiger partial charge in [0.25, 0.3) is 0 Å². The maximum Gasteiger partial charge on any atom is 0.421 e. The number of halogens is 1. The Bertz CT molecular complexity index is 648. The highest BCUT2D eigenvalue weighted by Crippen LogP contribution is 2.37. The van der Waals surface area contributed by atoms with Gasteiger partial charge in [0.15, 0.2) is 0 Å². The minimum Gasteiger partial charge on any atom is -0.409 e. The fourth-order valence-electron chi connectivity index (χ4n) is 2.22. The van der Waals surface area contributed by atoms with Crippen molar-refractivity contribution in [3.05, 3.63) is 59.1 Å². The van der Waals surface area contributed by atoms with Gasteiger partial charge in [-0.2, -0.15) is 0 Å². The number of nitrogens with two attached hydrogens (primary N) is 1. The minimum absolute atomic E-state index is 0.453. The molecule has 20 heavy (non-hydrogen) atoms. The molecule has 5 nitrogen and oxygen atoms in total. The van der Waals surface area contributed by atoms with Crippen molar-refractivity contribution in [1.82, 2.24) is 5.43 Å². The van der Waals surface area contributed by atoms with Crippen LogP contribution < -0.4 is 20.9 Å². The summed E-state index contributed by atoms with van der Waals surface area (Å²) in [7, 11) is 0. The Morgan fingerprint density at radius 2 is 1.95 bits per heavy atom. The van der Waals surface area contributed by atoms with Gasteiger partial charge >= 0.3 is 6.09 Å². The van der Waals surface area contributed by atoms with Gasteiger partial charge in [-0.1, -0.05) is 29.8 Å². The minimum atomic E-state index is -0.535. The van der Waals surface area contributed by atoms with Crippen LogP contribution in [-0.2, 0) is 0 Å². The number of ether oxygens (including phenoxy) is 1. The lowest BCUT2D eigenvalue weighted by molar-refractivity contribution is 0.196. The Labute approximate surface area is 120 Å². The summed E-state index contributed by atoms with van der Waals surface area (Å²) in [5.74, 6) is 6.07. The van der Waals surface area contributed by atoms with Crippen LogP contribution in [-0.4, -0.2) is 6.09 Å². The average Bonchev–Trinajstić information content (AvgIpc) is 2.47. The number of carbonyl (C=O) groups excluding carboxylic acids is 1. The molecule has 1 aliphatic rings. The lowest BCUT2D eigenvalue weighted by Gasteiger charge is -2.35. The van der Waals surface area contributed by atoms with Crippen LogP contribution in [0.3, 0.4) is 0 Å². The van der Waals surface area contributed by atoms with E-state index in [4.69, 9.17) is 22.2 Å². The van der Waals surface area contributed by atoms with Crippen LogP contribution in [0.15, 0.2) is 48.5 Å². The molecule has 6 heteroatoms. The summed E-state index contributed by atoms with van der Waals surface area (Å²) in [5.41, 5.74) is 4.03. The zero-order valence-corrected chi connectivity index (χ0v) is 11.2. The highest BCUT2D eigenvalue weighted by atomic mass is 35.5. The second kappa shape index (κ2) is 5.13. The number of rotatable bonds is 2. The molecule has 0 aromatic heterocycles. The van der Waals surface area contributed by atoms with E-state index in [1.807, 2.05) is 18.2 Å². The molecule has 1 atom stereocenters. The van der Waals surface area contributed by atoms with Crippen LogP contribution in [0.4, 0.5) is 10.5 Å². The van der Waals surface area contributed by atoms with E-state index in [2.05, 4.69) is 5.43 Å². The molecule has 2 aromatic carbocycles. The number of hydrogen-bond donors (Lipinski definition) is 2. The number of anilines is 1. The van der Waals surface area contributed by atoms with E-state index in [0.29, 0.717) is 22.0 Å². The van der Waals surface area contributed by atoms with Crippen molar-refractivity contribution in [1.29, 1.82) is 0 Å². The monoisotopic (exact) mass is 289 g/mol. The standard InChI is InChI=1S/C14H12ClN3O2/c15-9-6-7-12-11(8-9)13(17-16)18(14(19)20-12)10-4-2-1-3-5-10/h1-8,13,17H,16H2. The van der Waals surface area contributed by atoms with E-state index in [0.717, 1.165) is 0 Å². The van der Waals surface area contributed by atoms with E-state index in [-0.39, 0.29) is 0 Å². The fraction of sp³-hybridized carbons (Fsp3) is 0.0714. The first-order valence-corrected chi connectivity index (χ1v) is 6.40. The maximum atomic E-state index is 12.2. The van der Waals surface area contributed by atoms with Gasteiger partial charge in [-0.15, -0.1) is 0 Å². The number of nitrogens with one attached hydrogen (secondary N) is 1. The molecule has 0 saturated heterocycles. The molecule has 0 bridgehead atoms. The van der Waals surface area contributed by atoms with Crippen molar-refractivity contribution in [2.24, 2.45) is 5.84 Å². The molecule has 1 heterocycles. The van der Waals surface area contributed by atoms with Gasteiger partial charge in [0.2, 0.25) is 0 Å². The van der Waals surface area contributed by atoms with E-state index in [1.54, 1.807) is 30.3 Å². The molecule has 102 valence electrons. The highest BCUT2D eigenvalue weighted by Gasteiger charge is 2.35. The number of amides is 1. The Hall–Kier alpha value is -2.08. The molecular formula is C14H12ClN3O2. The third-order valence-electron chi connectivity index (χ3n) is 3.11. The third kappa shape index (κ3) is 2.12. The van der Waals surface area contributed by atoms with Crippen LogP contribution in [0.5, 0.6) is 5.75 Å². The first kappa shape index (κ1) is 12.9. The predicted octanol–water partition coefficient (Wildman–Crippen LogP) is 2.82. The second-order valence-electron chi connectivity index (χ2n) is 4.32.